The molecule has 0 heterocycles. The van der Waals surface area contributed by atoms with Gasteiger partial charge in [-0.1, -0.05) is 50.9 Å². The first-order valence-corrected chi connectivity index (χ1v) is 5.79. The van der Waals surface area contributed by atoms with Crippen LogP contribution in [0.1, 0.15) is 5.56 Å². The van der Waals surface area contributed by atoms with E-state index in [9.17, 15) is 0 Å². The first-order chi connectivity index (χ1) is 7.27. The van der Waals surface area contributed by atoms with Gasteiger partial charge in [-0.15, -0.1) is 0 Å². The van der Waals surface area contributed by atoms with Crippen molar-refractivity contribution in [2.45, 2.75) is 0 Å². The molecule has 5 heteroatoms. The van der Waals surface area contributed by atoms with Gasteiger partial charge >= 0.3 is 0 Å². The molecule has 0 amide bonds. The Morgan fingerprint density at radius 1 is 1.47 bits per heavy atom. The summed E-state index contributed by atoms with van der Waals surface area (Å²) in [5.41, 5.74) is 10.3. The van der Waals surface area contributed by atoms with Crippen LogP contribution in [0.25, 0.3) is 16.0 Å². The minimum atomic E-state index is 0.361. The Balaban J connectivity index is 2.86. The Labute approximate surface area is 102 Å². The van der Waals surface area contributed by atoms with Gasteiger partial charge in [0.05, 0.1) is 0 Å². The number of allylic oxidation sites excluding steroid dienone is 1. The molecule has 3 nitrogen and oxygen atoms in total. The summed E-state index contributed by atoms with van der Waals surface area (Å²) < 4.78 is 0. The molecule has 0 radical (unpaired) electrons. The number of alkyl halides is 1. The molecule has 1 aromatic carbocycles. The van der Waals surface area contributed by atoms with E-state index in [0.29, 0.717) is 11.6 Å². The highest BCUT2D eigenvalue weighted by molar-refractivity contribution is 9.09. The maximum absolute atomic E-state index is 8.16. The number of benzene rings is 1. The van der Waals surface area contributed by atoms with Crippen molar-refractivity contribution in [3.05, 3.63) is 51.4 Å². The smallest absolute Gasteiger partial charge is 0.0446 e. The number of hydrogen-bond donors (Lipinski definition) is 0. The molecule has 0 saturated heterocycles. The highest BCUT2D eigenvalue weighted by Crippen LogP contribution is 2.19. The predicted octanol–water partition coefficient (Wildman–Crippen LogP) is 4.43. The third-order valence-corrected chi connectivity index (χ3v) is 2.70. The van der Waals surface area contributed by atoms with Gasteiger partial charge in [-0.05, 0) is 28.8 Å². The number of nitrogens with zero attached hydrogens (tertiary/aromatic N) is 3. The van der Waals surface area contributed by atoms with E-state index in [2.05, 4.69) is 26.0 Å². The normalized spacial score (nSPS) is 10.9. The Kier molecular flexibility index (Phi) is 5.26. The van der Waals surface area contributed by atoms with Crippen molar-refractivity contribution < 1.29 is 0 Å². The van der Waals surface area contributed by atoms with Crippen molar-refractivity contribution in [2.24, 2.45) is 5.11 Å². The van der Waals surface area contributed by atoms with Crippen LogP contribution < -0.4 is 0 Å². The van der Waals surface area contributed by atoms with E-state index >= 15 is 0 Å². The van der Waals surface area contributed by atoms with E-state index in [4.69, 9.17) is 17.1 Å². The van der Waals surface area contributed by atoms with E-state index < -0.39 is 0 Å². The van der Waals surface area contributed by atoms with E-state index in [1.165, 1.54) is 0 Å². The van der Waals surface area contributed by atoms with Crippen LogP contribution in [0.15, 0.2) is 35.5 Å². The molecule has 0 N–H and O–H groups in total. The number of halogens is 2. The van der Waals surface area contributed by atoms with Gasteiger partial charge in [-0.25, -0.2) is 0 Å². The lowest BCUT2D eigenvalue weighted by Gasteiger charge is -2.03. The van der Waals surface area contributed by atoms with Gasteiger partial charge in [0.25, 0.3) is 0 Å². The second-order valence-corrected chi connectivity index (χ2v) is 3.78. The van der Waals surface area contributed by atoms with E-state index in [-0.39, 0.29) is 0 Å². The van der Waals surface area contributed by atoms with Crippen molar-refractivity contribution >= 4 is 33.1 Å². The number of hydrogen-bond acceptors (Lipinski definition) is 1. The van der Waals surface area contributed by atoms with Gasteiger partial charge in [0, 0.05) is 21.8 Å². The summed E-state index contributed by atoms with van der Waals surface area (Å²) in [5, 5.41) is 4.89. The summed E-state index contributed by atoms with van der Waals surface area (Å²) in [4.78, 5) is 2.69. The Morgan fingerprint density at radius 2 is 2.13 bits per heavy atom. The van der Waals surface area contributed by atoms with E-state index in [0.717, 1.165) is 16.5 Å². The summed E-state index contributed by atoms with van der Waals surface area (Å²) in [5.74, 6) is 0. The van der Waals surface area contributed by atoms with Gasteiger partial charge in [-0.2, -0.15) is 0 Å². The molecule has 1 rings (SSSR count). The first-order valence-electron chi connectivity index (χ1n) is 4.29. The Bertz CT molecular complexity index is 394. The second kappa shape index (κ2) is 6.51. The van der Waals surface area contributed by atoms with Crippen LogP contribution in [-0.4, -0.2) is 11.9 Å². The lowest BCUT2D eigenvalue weighted by molar-refractivity contribution is 1.21. The molecule has 0 aromatic heterocycles. The molecule has 0 aliphatic carbocycles. The third-order valence-electron chi connectivity index (χ3n) is 1.84. The number of rotatable bonds is 4. The van der Waals surface area contributed by atoms with Crippen LogP contribution in [0.5, 0.6) is 0 Å². The lowest BCUT2D eigenvalue weighted by atomic mass is 10.1. The average molecular weight is 287 g/mol. The van der Waals surface area contributed by atoms with Crippen molar-refractivity contribution in [3.8, 4) is 0 Å². The molecule has 0 unspecified atom stereocenters. The molecule has 0 fully saturated rings. The highest BCUT2D eigenvalue weighted by atomic mass is 79.9. The molecular weight excluding hydrogens is 277 g/mol. The fourth-order valence-electron chi connectivity index (χ4n) is 1.10. The Hall–Kier alpha value is -0.960. The molecular formula is C10H9BrClN3. The highest BCUT2D eigenvalue weighted by Gasteiger charge is 1.98. The summed E-state index contributed by atoms with van der Waals surface area (Å²) in [7, 11) is 0. The topological polar surface area (TPSA) is 48.8 Å². The van der Waals surface area contributed by atoms with Crippen LogP contribution in [0.4, 0.5) is 0 Å². The van der Waals surface area contributed by atoms with Crippen LogP contribution >= 0.6 is 27.5 Å². The monoisotopic (exact) mass is 285 g/mol. The standard InChI is InChI=1S/C10H9BrClN3/c11-7-9(5-6-14-15-13)8-1-3-10(12)4-2-8/h1-5H,6-7H2. The molecule has 0 aliphatic rings. The van der Waals surface area contributed by atoms with Gasteiger partial charge in [0.1, 0.15) is 0 Å². The van der Waals surface area contributed by atoms with Crippen molar-refractivity contribution in [3.63, 3.8) is 0 Å². The van der Waals surface area contributed by atoms with Crippen LogP contribution in [0.2, 0.25) is 5.02 Å². The summed E-state index contributed by atoms with van der Waals surface area (Å²) >= 11 is 9.18. The SMILES string of the molecule is [N-]=[N+]=NCC=C(CBr)c1ccc(Cl)cc1. The predicted molar refractivity (Wildman–Crippen MR) is 67.2 cm³/mol. The van der Waals surface area contributed by atoms with Gasteiger partial charge in [0.2, 0.25) is 0 Å². The van der Waals surface area contributed by atoms with Crippen molar-refractivity contribution in [1.82, 2.24) is 0 Å². The molecule has 0 spiro atoms. The second-order valence-electron chi connectivity index (χ2n) is 2.78. The quantitative estimate of drug-likeness (QED) is 0.340. The molecule has 78 valence electrons. The maximum Gasteiger partial charge on any atom is 0.0446 e. The van der Waals surface area contributed by atoms with Crippen LogP contribution in [-0.2, 0) is 0 Å². The minimum absolute atomic E-state index is 0.361. The molecule has 1 aromatic rings. The summed E-state index contributed by atoms with van der Waals surface area (Å²) in [6, 6.07) is 7.54. The fourth-order valence-corrected chi connectivity index (χ4v) is 1.78. The zero-order valence-electron chi connectivity index (χ0n) is 7.90. The average Bonchev–Trinajstić information content (AvgIpc) is 2.26. The summed E-state index contributed by atoms with van der Waals surface area (Å²) in [6.07, 6.45) is 1.89. The van der Waals surface area contributed by atoms with Crippen LogP contribution in [0.3, 0.4) is 0 Å². The first kappa shape index (κ1) is 12.1. The lowest BCUT2D eigenvalue weighted by Crippen LogP contribution is -1.86. The van der Waals surface area contributed by atoms with Gasteiger partial charge in [-0.3, -0.25) is 0 Å². The largest absolute Gasteiger partial charge is 0.0899 e. The minimum Gasteiger partial charge on any atom is -0.0899 e. The maximum atomic E-state index is 8.16. The zero-order valence-corrected chi connectivity index (χ0v) is 10.2. The van der Waals surface area contributed by atoms with E-state index in [1.54, 1.807) is 0 Å². The van der Waals surface area contributed by atoms with E-state index in [1.807, 2.05) is 30.3 Å². The Morgan fingerprint density at radius 3 is 2.67 bits per heavy atom. The van der Waals surface area contributed by atoms with Gasteiger partial charge < -0.3 is 0 Å². The van der Waals surface area contributed by atoms with Crippen molar-refractivity contribution in [1.29, 1.82) is 0 Å². The van der Waals surface area contributed by atoms with Crippen molar-refractivity contribution in [2.75, 3.05) is 11.9 Å². The molecule has 0 saturated carbocycles. The van der Waals surface area contributed by atoms with Crippen LogP contribution in [0, 0.1) is 0 Å². The fraction of sp³-hybridized carbons (Fsp3) is 0.200. The summed E-state index contributed by atoms with van der Waals surface area (Å²) in [6.45, 7) is 0.361. The molecule has 0 bridgehead atoms. The number of azide groups is 1. The zero-order chi connectivity index (χ0) is 11.1. The molecule has 0 atom stereocenters. The third kappa shape index (κ3) is 3.96. The molecule has 15 heavy (non-hydrogen) atoms. The van der Waals surface area contributed by atoms with Gasteiger partial charge in [0.15, 0.2) is 0 Å². The molecule has 0 aliphatic heterocycles.